The van der Waals surface area contributed by atoms with E-state index >= 15 is 0 Å². The predicted octanol–water partition coefficient (Wildman–Crippen LogP) is 1.80. The molecule has 1 saturated heterocycles. The van der Waals surface area contributed by atoms with Gasteiger partial charge in [0.25, 0.3) is 5.91 Å². The molecular weight excluding hydrogens is 238 g/mol. The number of anilines is 1. The van der Waals surface area contributed by atoms with Gasteiger partial charge < -0.3 is 15.5 Å². The molecule has 1 amide bonds. The van der Waals surface area contributed by atoms with Gasteiger partial charge in [-0.1, -0.05) is 0 Å². The van der Waals surface area contributed by atoms with E-state index in [-0.39, 0.29) is 5.91 Å². The lowest BCUT2D eigenvalue weighted by molar-refractivity contribution is 0.0963. The molecule has 0 aromatic heterocycles. The smallest absolute Gasteiger partial charge is 0.251 e. The summed E-state index contributed by atoms with van der Waals surface area (Å²) in [6.45, 7) is 3.39. The van der Waals surface area contributed by atoms with E-state index in [1.807, 2.05) is 24.3 Å². The quantitative estimate of drug-likeness (QED) is 0.868. The van der Waals surface area contributed by atoms with E-state index in [9.17, 15) is 4.79 Å². The SMILES string of the molecule is CNC(=O)c1ccc(NCC2CCCN(C)C2)cc1. The zero-order valence-electron chi connectivity index (χ0n) is 11.8. The van der Waals surface area contributed by atoms with Crippen LogP contribution in [0.1, 0.15) is 23.2 Å². The van der Waals surface area contributed by atoms with Crippen LogP contribution in [0.15, 0.2) is 24.3 Å². The minimum atomic E-state index is -0.0412. The van der Waals surface area contributed by atoms with Crippen LogP contribution in [0, 0.1) is 5.92 Å². The molecule has 1 fully saturated rings. The summed E-state index contributed by atoms with van der Waals surface area (Å²) in [5.74, 6) is 0.679. The second kappa shape index (κ2) is 6.57. The van der Waals surface area contributed by atoms with Gasteiger partial charge in [-0.15, -0.1) is 0 Å². The first-order valence-electron chi connectivity index (χ1n) is 6.93. The summed E-state index contributed by atoms with van der Waals surface area (Å²) in [6, 6.07) is 7.65. The Bertz CT molecular complexity index is 416. The van der Waals surface area contributed by atoms with E-state index in [0.29, 0.717) is 5.56 Å². The van der Waals surface area contributed by atoms with Crippen molar-refractivity contribution >= 4 is 11.6 Å². The maximum atomic E-state index is 11.4. The van der Waals surface area contributed by atoms with Crippen molar-refractivity contribution in [2.75, 3.05) is 39.0 Å². The average Bonchev–Trinajstić information content (AvgIpc) is 2.45. The Hall–Kier alpha value is -1.55. The fraction of sp³-hybridized carbons (Fsp3) is 0.533. The molecule has 19 heavy (non-hydrogen) atoms. The first-order valence-corrected chi connectivity index (χ1v) is 6.93. The molecule has 1 unspecified atom stereocenters. The van der Waals surface area contributed by atoms with Crippen LogP contribution in [0.25, 0.3) is 0 Å². The molecule has 1 heterocycles. The summed E-state index contributed by atoms with van der Waals surface area (Å²) in [5.41, 5.74) is 1.78. The Morgan fingerprint density at radius 1 is 1.37 bits per heavy atom. The summed E-state index contributed by atoms with van der Waals surface area (Å²) >= 11 is 0. The van der Waals surface area contributed by atoms with Gasteiger partial charge in [0.05, 0.1) is 0 Å². The third kappa shape index (κ3) is 3.96. The van der Waals surface area contributed by atoms with E-state index in [0.717, 1.165) is 18.2 Å². The fourth-order valence-corrected chi connectivity index (χ4v) is 2.59. The van der Waals surface area contributed by atoms with Crippen LogP contribution in [0.5, 0.6) is 0 Å². The van der Waals surface area contributed by atoms with Crippen molar-refractivity contribution < 1.29 is 4.79 Å². The van der Waals surface area contributed by atoms with Gasteiger partial charge in [0.15, 0.2) is 0 Å². The van der Waals surface area contributed by atoms with Crippen LogP contribution < -0.4 is 10.6 Å². The Morgan fingerprint density at radius 2 is 2.11 bits per heavy atom. The third-order valence-corrected chi connectivity index (χ3v) is 3.69. The van der Waals surface area contributed by atoms with Crippen molar-refractivity contribution in [2.45, 2.75) is 12.8 Å². The van der Waals surface area contributed by atoms with E-state index in [1.165, 1.54) is 25.9 Å². The van der Waals surface area contributed by atoms with Crippen molar-refractivity contribution in [1.82, 2.24) is 10.2 Å². The lowest BCUT2D eigenvalue weighted by Gasteiger charge is -2.29. The molecule has 4 heteroatoms. The molecule has 1 aliphatic rings. The zero-order valence-corrected chi connectivity index (χ0v) is 11.8. The van der Waals surface area contributed by atoms with Gasteiger partial charge in [-0.3, -0.25) is 4.79 Å². The number of hydrogen-bond acceptors (Lipinski definition) is 3. The maximum absolute atomic E-state index is 11.4. The van der Waals surface area contributed by atoms with Crippen LogP contribution >= 0.6 is 0 Å². The molecule has 1 aromatic rings. The van der Waals surface area contributed by atoms with Gasteiger partial charge >= 0.3 is 0 Å². The molecular formula is C15H23N3O. The number of carbonyl (C=O) groups excluding carboxylic acids is 1. The van der Waals surface area contributed by atoms with Crippen molar-refractivity contribution in [3.63, 3.8) is 0 Å². The van der Waals surface area contributed by atoms with Crippen LogP contribution in [0.2, 0.25) is 0 Å². The number of carbonyl (C=O) groups is 1. The number of rotatable bonds is 4. The molecule has 1 aliphatic heterocycles. The highest BCUT2D eigenvalue weighted by Gasteiger charge is 2.16. The number of nitrogens with zero attached hydrogens (tertiary/aromatic N) is 1. The molecule has 1 atom stereocenters. The molecule has 0 spiro atoms. The summed E-state index contributed by atoms with van der Waals surface area (Å²) in [7, 11) is 3.83. The van der Waals surface area contributed by atoms with Crippen LogP contribution in [0.4, 0.5) is 5.69 Å². The molecule has 0 radical (unpaired) electrons. The average molecular weight is 261 g/mol. The summed E-state index contributed by atoms with van der Waals surface area (Å²) in [5, 5.41) is 6.09. The van der Waals surface area contributed by atoms with Gasteiger partial charge in [-0.05, 0) is 56.6 Å². The molecule has 104 valence electrons. The first kappa shape index (κ1) is 13.9. The van der Waals surface area contributed by atoms with Crippen molar-refractivity contribution in [3.05, 3.63) is 29.8 Å². The normalized spacial score (nSPS) is 20.0. The molecule has 4 nitrogen and oxygen atoms in total. The third-order valence-electron chi connectivity index (χ3n) is 3.69. The van der Waals surface area contributed by atoms with Gasteiger partial charge in [0.2, 0.25) is 0 Å². The van der Waals surface area contributed by atoms with Crippen molar-refractivity contribution in [1.29, 1.82) is 0 Å². The fourth-order valence-electron chi connectivity index (χ4n) is 2.59. The minimum absolute atomic E-state index is 0.0412. The highest BCUT2D eigenvalue weighted by atomic mass is 16.1. The topological polar surface area (TPSA) is 44.4 Å². The van der Waals surface area contributed by atoms with Gasteiger partial charge in [-0.2, -0.15) is 0 Å². The standard InChI is InChI=1S/C15H23N3O/c1-16-15(19)13-5-7-14(8-6-13)17-10-12-4-3-9-18(2)11-12/h5-8,12,17H,3-4,9-11H2,1-2H3,(H,16,19). The zero-order chi connectivity index (χ0) is 13.7. The Labute approximate surface area is 115 Å². The minimum Gasteiger partial charge on any atom is -0.385 e. The van der Waals surface area contributed by atoms with Crippen molar-refractivity contribution in [3.8, 4) is 0 Å². The number of hydrogen-bond donors (Lipinski definition) is 2. The Morgan fingerprint density at radius 3 is 2.74 bits per heavy atom. The first-order chi connectivity index (χ1) is 9.19. The number of amides is 1. The molecule has 1 aromatic carbocycles. The largest absolute Gasteiger partial charge is 0.385 e. The van der Waals surface area contributed by atoms with E-state index in [4.69, 9.17) is 0 Å². The Balaban J connectivity index is 1.84. The van der Waals surface area contributed by atoms with Crippen molar-refractivity contribution in [2.24, 2.45) is 5.92 Å². The number of nitrogens with one attached hydrogen (secondary N) is 2. The molecule has 2 rings (SSSR count). The van der Waals surface area contributed by atoms with E-state index < -0.39 is 0 Å². The summed E-state index contributed by atoms with van der Waals surface area (Å²) in [6.07, 6.45) is 2.59. The Kier molecular flexibility index (Phi) is 4.80. The second-order valence-electron chi connectivity index (χ2n) is 5.31. The molecule has 0 bridgehead atoms. The number of likely N-dealkylation sites (tertiary alicyclic amines) is 1. The van der Waals surface area contributed by atoms with Crippen LogP contribution in [0.3, 0.4) is 0 Å². The highest BCUT2D eigenvalue weighted by Crippen LogP contribution is 2.16. The predicted molar refractivity (Wildman–Crippen MR) is 78.5 cm³/mol. The van der Waals surface area contributed by atoms with E-state index in [2.05, 4.69) is 22.6 Å². The molecule has 2 N–H and O–H groups in total. The van der Waals surface area contributed by atoms with Crippen LogP contribution in [-0.4, -0.2) is 44.5 Å². The lowest BCUT2D eigenvalue weighted by atomic mass is 9.98. The van der Waals surface area contributed by atoms with Crippen LogP contribution in [-0.2, 0) is 0 Å². The highest BCUT2D eigenvalue weighted by molar-refractivity contribution is 5.94. The number of piperidine rings is 1. The second-order valence-corrected chi connectivity index (χ2v) is 5.31. The molecule has 0 aliphatic carbocycles. The monoisotopic (exact) mass is 261 g/mol. The summed E-state index contributed by atoms with van der Waals surface area (Å²) in [4.78, 5) is 13.8. The van der Waals surface area contributed by atoms with Gasteiger partial charge in [0.1, 0.15) is 0 Å². The van der Waals surface area contributed by atoms with Gasteiger partial charge in [-0.25, -0.2) is 0 Å². The van der Waals surface area contributed by atoms with E-state index in [1.54, 1.807) is 7.05 Å². The maximum Gasteiger partial charge on any atom is 0.251 e. The van der Waals surface area contributed by atoms with Gasteiger partial charge in [0, 0.05) is 31.4 Å². The molecule has 0 saturated carbocycles. The lowest BCUT2D eigenvalue weighted by Crippen LogP contribution is -2.35. The summed E-state index contributed by atoms with van der Waals surface area (Å²) < 4.78 is 0. The number of benzene rings is 1.